The summed E-state index contributed by atoms with van der Waals surface area (Å²) in [5.41, 5.74) is 0.349. The number of carbonyl (C=O) groups excluding carboxylic acids is 1. The zero-order chi connectivity index (χ0) is 21.6. The molecule has 1 atom stereocenters. The highest BCUT2D eigenvalue weighted by atomic mass is 32.2. The molecule has 29 heavy (non-hydrogen) atoms. The van der Waals surface area contributed by atoms with E-state index in [2.05, 4.69) is 5.32 Å². The van der Waals surface area contributed by atoms with Crippen LogP contribution < -0.4 is 14.4 Å². The molecule has 0 saturated heterocycles. The molecule has 0 saturated carbocycles. The number of rotatable bonds is 9. The summed E-state index contributed by atoms with van der Waals surface area (Å²) in [5.74, 6) is -0.00824. The predicted molar refractivity (Wildman–Crippen MR) is 111 cm³/mol. The van der Waals surface area contributed by atoms with E-state index in [0.717, 1.165) is 10.6 Å². The van der Waals surface area contributed by atoms with Crippen LogP contribution in [-0.4, -0.2) is 38.2 Å². The van der Waals surface area contributed by atoms with Gasteiger partial charge in [-0.3, -0.25) is 19.2 Å². The second-order valence-electron chi connectivity index (χ2n) is 6.21. The van der Waals surface area contributed by atoms with Crippen LogP contribution in [0.25, 0.3) is 0 Å². The topological polar surface area (TPSA) is 119 Å². The van der Waals surface area contributed by atoms with Crippen molar-refractivity contribution in [1.29, 1.82) is 0 Å². The Morgan fingerprint density at radius 3 is 2.38 bits per heavy atom. The normalized spacial score (nSPS) is 12.1. The van der Waals surface area contributed by atoms with Crippen molar-refractivity contribution >= 4 is 33.0 Å². The molecule has 1 N–H and O–H groups in total. The Balaban J connectivity index is 2.34. The average molecular weight is 421 g/mol. The van der Waals surface area contributed by atoms with Crippen LogP contribution in [0.15, 0.2) is 48.5 Å². The fraction of sp³-hybridized carbons (Fsp3) is 0.316. The van der Waals surface area contributed by atoms with Crippen molar-refractivity contribution in [3.63, 3.8) is 0 Å². The van der Waals surface area contributed by atoms with Crippen molar-refractivity contribution < 1.29 is 22.9 Å². The lowest BCUT2D eigenvalue weighted by Crippen LogP contribution is -2.47. The Bertz CT molecular complexity index is 976. The number of anilines is 2. The van der Waals surface area contributed by atoms with Crippen LogP contribution in [0.2, 0.25) is 0 Å². The molecule has 2 rings (SSSR count). The van der Waals surface area contributed by atoms with Crippen molar-refractivity contribution in [1.82, 2.24) is 0 Å². The van der Waals surface area contributed by atoms with E-state index in [-0.39, 0.29) is 17.8 Å². The molecule has 2 aromatic rings. The molecule has 10 heteroatoms. The molecule has 0 aliphatic carbocycles. The van der Waals surface area contributed by atoms with Crippen molar-refractivity contribution in [2.45, 2.75) is 26.3 Å². The minimum absolute atomic E-state index is 0.178. The number of amides is 1. The Morgan fingerprint density at radius 1 is 1.21 bits per heavy atom. The number of hydrogen-bond donors (Lipinski definition) is 1. The van der Waals surface area contributed by atoms with Crippen molar-refractivity contribution in [3.05, 3.63) is 58.6 Å². The summed E-state index contributed by atoms with van der Waals surface area (Å²) in [6.07, 6.45) is 1.22. The van der Waals surface area contributed by atoms with Gasteiger partial charge in [-0.25, -0.2) is 8.42 Å². The van der Waals surface area contributed by atoms with Gasteiger partial charge in [0.2, 0.25) is 15.9 Å². The third kappa shape index (κ3) is 5.67. The van der Waals surface area contributed by atoms with E-state index in [4.69, 9.17) is 4.74 Å². The highest BCUT2D eigenvalue weighted by Crippen LogP contribution is 2.26. The molecule has 0 bridgehead atoms. The standard InChI is InChI=1S/C19H23N3O6S/c1-4-18(19(23)20-14-7-6-8-16(13-14)22(24)25)21(29(3,26)27)15-9-11-17(12-10-15)28-5-2/h6-13,18H,4-5H2,1-3H3,(H,20,23). The predicted octanol–water partition coefficient (Wildman–Crippen LogP) is 3.18. The molecule has 0 aliphatic rings. The summed E-state index contributed by atoms with van der Waals surface area (Å²) in [5, 5.41) is 13.5. The third-order valence-electron chi connectivity index (χ3n) is 4.06. The molecular formula is C19H23N3O6S. The summed E-state index contributed by atoms with van der Waals surface area (Å²) >= 11 is 0. The quantitative estimate of drug-likeness (QED) is 0.491. The van der Waals surface area contributed by atoms with Gasteiger partial charge in [0.1, 0.15) is 11.8 Å². The summed E-state index contributed by atoms with van der Waals surface area (Å²) in [6.45, 7) is 3.99. The second-order valence-corrected chi connectivity index (χ2v) is 8.07. The Morgan fingerprint density at radius 2 is 1.86 bits per heavy atom. The smallest absolute Gasteiger partial charge is 0.271 e. The first-order valence-electron chi connectivity index (χ1n) is 8.95. The lowest BCUT2D eigenvalue weighted by molar-refractivity contribution is -0.384. The van der Waals surface area contributed by atoms with E-state index < -0.39 is 26.9 Å². The fourth-order valence-corrected chi connectivity index (χ4v) is 4.05. The molecule has 156 valence electrons. The number of nitrogens with zero attached hydrogens (tertiary/aromatic N) is 2. The monoisotopic (exact) mass is 421 g/mol. The van der Waals surface area contributed by atoms with E-state index in [1.807, 2.05) is 6.92 Å². The van der Waals surface area contributed by atoms with Gasteiger partial charge >= 0.3 is 0 Å². The maximum atomic E-state index is 12.8. The number of ether oxygens (including phenoxy) is 1. The molecule has 9 nitrogen and oxygen atoms in total. The molecule has 0 aliphatic heterocycles. The average Bonchev–Trinajstić information content (AvgIpc) is 2.66. The van der Waals surface area contributed by atoms with Crippen LogP contribution >= 0.6 is 0 Å². The zero-order valence-corrected chi connectivity index (χ0v) is 17.2. The molecule has 0 radical (unpaired) electrons. The fourth-order valence-electron chi connectivity index (χ4n) is 2.84. The van der Waals surface area contributed by atoms with Gasteiger partial charge in [0.05, 0.1) is 23.5 Å². The number of sulfonamides is 1. The number of nitro groups is 1. The number of benzene rings is 2. The van der Waals surface area contributed by atoms with Gasteiger partial charge in [-0.2, -0.15) is 0 Å². The van der Waals surface area contributed by atoms with Crippen molar-refractivity contribution in [2.75, 3.05) is 22.5 Å². The van der Waals surface area contributed by atoms with Gasteiger partial charge in [0.15, 0.2) is 0 Å². The summed E-state index contributed by atoms with van der Waals surface area (Å²) in [4.78, 5) is 23.2. The Hall–Kier alpha value is -3.14. The molecule has 0 fully saturated rings. The number of nitro benzene ring substituents is 1. The van der Waals surface area contributed by atoms with Gasteiger partial charge < -0.3 is 10.1 Å². The molecule has 2 aromatic carbocycles. The molecular weight excluding hydrogens is 398 g/mol. The molecule has 0 spiro atoms. The summed E-state index contributed by atoms with van der Waals surface area (Å²) < 4.78 is 31.3. The maximum absolute atomic E-state index is 12.8. The van der Waals surface area contributed by atoms with E-state index in [9.17, 15) is 23.3 Å². The lowest BCUT2D eigenvalue weighted by atomic mass is 10.1. The molecule has 1 amide bonds. The number of carbonyl (C=O) groups is 1. The van der Waals surface area contributed by atoms with Gasteiger partial charge in [0.25, 0.3) is 5.69 Å². The van der Waals surface area contributed by atoms with E-state index in [1.165, 1.54) is 24.3 Å². The van der Waals surface area contributed by atoms with Gasteiger partial charge in [-0.1, -0.05) is 13.0 Å². The second kappa shape index (κ2) is 9.37. The van der Waals surface area contributed by atoms with Crippen LogP contribution in [0.1, 0.15) is 20.3 Å². The van der Waals surface area contributed by atoms with E-state index >= 15 is 0 Å². The first-order valence-corrected chi connectivity index (χ1v) is 10.8. The van der Waals surface area contributed by atoms with Crippen LogP contribution in [0.5, 0.6) is 5.75 Å². The van der Waals surface area contributed by atoms with Crippen LogP contribution in [0.3, 0.4) is 0 Å². The van der Waals surface area contributed by atoms with Crippen molar-refractivity contribution in [3.8, 4) is 5.75 Å². The van der Waals surface area contributed by atoms with E-state index in [1.54, 1.807) is 31.2 Å². The van der Waals surface area contributed by atoms with Crippen LogP contribution in [0.4, 0.5) is 17.1 Å². The third-order valence-corrected chi connectivity index (χ3v) is 5.24. The molecule has 1 unspecified atom stereocenters. The highest BCUT2D eigenvalue weighted by molar-refractivity contribution is 7.92. The van der Waals surface area contributed by atoms with Crippen LogP contribution in [-0.2, 0) is 14.8 Å². The van der Waals surface area contributed by atoms with Crippen LogP contribution in [0, 0.1) is 10.1 Å². The highest BCUT2D eigenvalue weighted by Gasteiger charge is 2.31. The van der Waals surface area contributed by atoms with Gasteiger partial charge in [0, 0.05) is 17.8 Å². The first kappa shape index (κ1) is 22.2. The molecule has 0 heterocycles. The largest absolute Gasteiger partial charge is 0.494 e. The first-order chi connectivity index (χ1) is 13.7. The molecule has 0 aromatic heterocycles. The van der Waals surface area contributed by atoms with Gasteiger partial charge in [-0.05, 0) is 43.7 Å². The lowest BCUT2D eigenvalue weighted by Gasteiger charge is -2.30. The van der Waals surface area contributed by atoms with Crippen molar-refractivity contribution in [2.24, 2.45) is 0 Å². The Labute approximate surface area is 169 Å². The summed E-state index contributed by atoms with van der Waals surface area (Å²) in [7, 11) is -3.79. The number of hydrogen-bond acceptors (Lipinski definition) is 6. The Kier molecular flexibility index (Phi) is 7.16. The van der Waals surface area contributed by atoms with Gasteiger partial charge in [-0.15, -0.1) is 0 Å². The SMILES string of the molecule is CCOc1ccc(N(C(CC)C(=O)Nc2cccc([N+](=O)[O-])c2)S(C)(=O)=O)cc1. The number of non-ortho nitro benzene ring substituents is 1. The maximum Gasteiger partial charge on any atom is 0.271 e. The minimum Gasteiger partial charge on any atom is -0.494 e. The summed E-state index contributed by atoms with van der Waals surface area (Å²) in [6, 6.07) is 10.8. The minimum atomic E-state index is -3.79. The van der Waals surface area contributed by atoms with E-state index in [0.29, 0.717) is 18.0 Å². The zero-order valence-electron chi connectivity index (χ0n) is 16.4. The number of nitrogens with one attached hydrogen (secondary N) is 1.